The van der Waals surface area contributed by atoms with Gasteiger partial charge in [-0.05, 0) is 25.1 Å². The minimum Gasteiger partial charge on any atom is -0.268 e. The SMILES string of the molecule is Cc1cccc(=O)n1S(=O)(=O)c1ccc(Cl)s1. The fourth-order valence-corrected chi connectivity index (χ4v) is 4.40. The van der Waals surface area contributed by atoms with Gasteiger partial charge in [-0.15, -0.1) is 11.3 Å². The number of rotatable bonds is 2. The predicted molar refractivity (Wildman–Crippen MR) is 67.4 cm³/mol. The quantitative estimate of drug-likeness (QED) is 0.851. The lowest BCUT2D eigenvalue weighted by molar-refractivity contribution is 0.586. The van der Waals surface area contributed by atoms with Gasteiger partial charge in [-0.2, -0.15) is 8.42 Å². The Morgan fingerprint density at radius 1 is 1.24 bits per heavy atom. The third-order valence-electron chi connectivity index (χ3n) is 2.14. The van der Waals surface area contributed by atoms with Gasteiger partial charge in [0.15, 0.2) is 0 Å². The Balaban J connectivity index is 2.73. The summed E-state index contributed by atoms with van der Waals surface area (Å²) in [5, 5.41) is 0. The van der Waals surface area contributed by atoms with Crippen LogP contribution in [0.15, 0.2) is 39.3 Å². The third-order valence-corrected chi connectivity index (χ3v) is 5.64. The van der Waals surface area contributed by atoms with Crippen LogP contribution in [0.25, 0.3) is 0 Å². The molecule has 0 spiro atoms. The Bertz CT molecular complexity index is 715. The highest BCUT2D eigenvalue weighted by atomic mass is 35.5. The Labute approximate surface area is 107 Å². The van der Waals surface area contributed by atoms with Gasteiger partial charge in [-0.25, -0.2) is 3.97 Å². The normalized spacial score (nSPS) is 11.6. The van der Waals surface area contributed by atoms with E-state index in [9.17, 15) is 13.2 Å². The molecule has 0 saturated carbocycles. The molecule has 2 heterocycles. The Kier molecular flexibility index (Phi) is 3.11. The van der Waals surface area contributed by atoms with Gasteiger partial charge in [0, 0.05) is 11.8 Å². The minimum absolute atomic E-state index is 0.0545. The predicted octanol–water partition coefficient (Wildman–Crippen LogP) is 2.11. The lowest BCUT2D eigenvalue weighted by Crippen LogP contribution is -2.27. The van der Waals surface area contributed by atoms with Gasteiger partial charge in [0.2, 0.25) is 0 Å². The minimum atomic E-state index is -3.84. The van der Waals surface area contributed by atoms with Crippen molar-refractivity contribution in [2.24, 2.45) is 0 Å². The summed E-state index contributed by atoms with van der Waals surface area (Å²) < 4.78 is 25.6. The Morgan fingerprint density at radius 2 is 1.94 bits per heavy atom. The second-order valence-corrected chi connectivity index (χ2v) is 7.06. The summed E-state index contributed by atoms with van der Waals surface area (Å²) in [5.74, 6) is 0. The third kappa shape index (κ3) is 2.15. The largest absolute Gasteiger partial charge is 0.280 e. The van der Waals surface area contributed by atoms with Gasteiger partial charge in [0.05, 0.1) is 4.34 Å². The number of pyridine rings is 1. The molecule has 0 atom stereocenters. The van der Waals surface area contributed by atoms with E-state index in [2.05, 4.69) is 0 Å². The molecular formula is C10H8ClNO3S2. The van der Waals surface area contributed by atoms with Crippen LogP contribution < -0.4 is 5.56 Å². The molecule has 0 aliphatic rings. The van der Waals surface area contributed by atoms with Crippen molar-refractivity contribution in [2.75, 3.05) is 0 Å². The van der Waals surface area contributed by atoms with E-state index >= 15 is 0 Å². The van der Waals surface area contributed by atoms with Crippen molar-refractivity contribution in [3.63, 3.8) is 0 Å². The van der Waals surface area contributed by atoms with E-state index in [1.165, 1.54) is 24.3 Å². The van der Waals surface area contributed by atoms with Crippen molar-refractivity contribution < 1.29 is 8.42 Å². The molecule has 2 aromatic heterocycles. The molecule has 0 fully saturated rings. The van der Waals surface area contributed by atoms with Crippen molar-refractivity contribution in [3.05, 3.63) is 50.7 Å². The fraction of sp³-hybridized carbons (Fsp3) is 0.100. The molecule has 0 saturated heterocycles. The monoisotopic (exact) mass is 289 g/mol. The molecule has 0 aliphatic carbocycles. The van der Waals surface area contributed by atoms with Gasteiger partial charge in [-0.1, -0.05) is 17.7 Å². The highest BCUT2D eigenvalue weighted by Gasteiger charge is 2.21. The van der Waals surface area contributed by atoms with Crippen LogP contribution in [0.1, 0.15) is 5.69 Å². The smallest absolute Gasteiger partial charge is 0.268 e. The summed E-state index contributed by atoms with van der Waals surface area (Å²) >= 11 is 6.62. The lowest BCUT2D eigenvalue weighted by Gasteiger charge is -2.08. The molecule has 0 unspecified atom stereocenters. The van der Waals surface area contributed by atoms with Crippen LogP contribution in [-0.4, -0.2) is 12.4 Å². The van der Waals surface area contributed by atoms with E-state index in [-0.39, 0.29) is 4.21 Å². The van der Waals surface area contributed by atoms with Crippen molar-refractivity contribution in [2.45, 2.75) is 11.1 Å². The molecule has 2 rings (SSSR count). The maximum absolute atomic E-state index is 12.2. The van der Waals surface area contributed by atoms with Crippen molar-refractivity contribution in [1.29, 1.82) is 0 Å². The molecule has 0 aliphatic heterocycles. The standard InChI is InChI=1S/C10H8ClNO3S2/c1-7-3-2-4-9(13)12(7)17(14,15)10-6-5-8(11)16-10/h2-6H,1H3. The van der Waals surface area contributed by atoms with Crippen LogP contribution in [0, 0.1) is 6.92 Å². The van der Waals surface area contributed by atoms with Gasteiger partial charge in [0.25, 0.3) is 15.6 Å². The summed E-state index contributed by atoms with van der Waals surface area (Å²) in [6, 6.07) is 7.17. The first-order chi connectivity index (χ1) is 7.93. The molecular weight excluding hydrogens is 282 g/mol. The number of hydrogen-bond acceptors (Lipinski definition) is 4. The summed E-state index contributed by atoms with van der Waals surface area (Å²) in [6.07, 6.45) is 0. The zero-order valence-electron chi connectivity index (χ0n) is 8.75. The number of aryl methyl sites for hydroxylation is 1. The summed E-state index contributed by atoms with van der Waals surface area (Å²) in [6.45, 7) is 1.56. The van der Waals surface area contributed by atoms with Gasteiger partial charge < -0.3 is 0 Å². The number of aromatic nitrogens is 1. The molecule has 0 radical (unpaired) electrons. The molecule has 0 bridgehead atoms. The lowest BCUT2D eigenvalue weighted by atomic mass is 10.4. The topological polar surface area (TPSA) is 56.1 Å². The summed E-state index contributed by atoms with van der Waals surface area (Å²) in [5.41, 5.74) is -0.212. The van der Waals surface area contributed by atoms with E-state index in [0.29, 0.717) is 10.0 Å². The summed E-state index contributed by atoms with van der Waals surface area (Å²) in [7, 11) is -3.84. The highest BCUT2D eigenvalue weighted by molar-refractivity contribution is 7.92. The van der Waals surface area contributed by atoms with E-state index in [1.54, 1.807) is 13.0 Å². The van der Waals surface area contributed by atoms with Crippen LogP contribution in [0.3, 0.4) is 0 Å². The first kappa shape index (κ1) is 12.3. The molecule has 17 heavy (non-hydrogen) atoms. The van der Waals surface area contributed by atoms with Crippen LogP contribution >= 0.6 is 22.9 Å². The molecule has 0 aromatic carbocycles. The van der Waals surface area contributed by atoms with Crippen LogP contribution in [-0.2, 0) is 10.0 Å². The molecule has 90 valence electrons. The second-order valence-electron chi connectivity index (χ2n) is 3.33. The van der Waals surface area contributed by atoms with E-state index < -0.39 is 15.6 Å². The number of nitrogens with zero attached hydrogens (tertiary/aromatic N) is 1. The Hall–Kier alpha value is -1.11. The van der Waals surface area contributed by atoms with Gasteiger partial charge >= 0.3 is 0 Å². The van der Waals surface area contributed by atoms with E-state index in [1.807, 2.05) is 0 Å². The number of halogens is 1. The zero-order valence-corrected chi connectivity index (χ0v) is 11.1. The molecule has 4 nitrogen and oxygen atoms in total. The molecule has 0 amide bonds. The van der Waals surface area contributed by atoms with E-state index in [4.69, 9.17) is 11.6 Å². The number of hydrogen-bond donors (Lipinski definition) is 0. The van der Waals surface area contributed by atoms with Crippen molar-refractivity contribution >= 4 is 33.0 Å². The maximum Gasteiger partial charge on any atom is 0.280 e. The Morgan fingerprint density at radius 3 is 2.47 bits per heavy atom. The fourth-order valence-electron chi connectivity index (χ4n) is 1.41. The van der Waals surface area contributed by atoms with Gasteiger partial charge in [0.1, 0.15) is 4.21 Å². The summed E-state index contributed by atoms with van der Waals surface area (Å²) in [4.78, 5) is 11.6. The van der Waals surface area contributed by atoms with Crippen LogP contribution in [0.5, 0.6) is 0 Å². The molecule has 0 N–H and O–H groups in total. The average molecular weight is 290 g/mol. The first-order valence-corrected chi connectivity index (χ1v) is 7.26. The number of thiophene rings is 1. The maximum atomic E-state index is 12.2. The van der Waals surface area contributed by atoms with Crippen molar-refractivity contribution in [1.82, 2.24) is 3.97 Å². The van der Waals surface area contributed by atoms with Crippen LogP contribution in [0.2, 0.25) is 4.34 Å². The van der Waals surface area contributed by atoms with Crippen molar-refractivity contribution in [3.8, 4) is 0 Å². The molecule has 2 aromatic rings. The zero-order chi connectivity index (χ0) is 12.6. The average Bonchev–Trinajstić information content (AvgIpc) is 2.64. The highest BCUT2D eigenvalue weighted by Crippen LogP contribution is 2.26. The first-order valence-electron chi connectivity index (χ1n) is 4.62. The van der Waals surface area contributed by atoms with Crippen LogP contribution in [0.4, 0.5) is 0 Å². The van der Waals surface area contributed by atoms with E-state index in [0.717, 1.165) is 15.3 Å². The second kappa shape index (κ2) is 4.29. The molecule has 7 heteroatoms. The van der Waals surface area contributed by atoms with Gasteiger partial charge in [-0.3, -0.25) is 4.79 Å².